The summed E-state index contributed by atoms with van der Waals surface area (Å²) < 4.78 is 6.75. The normalized spacial score (nSPS) is 19.1. The number of carbonyl (C=O) groups excluding carboxylic acids is 2. The Morgan fingerprint density at radius 1 is 1.03 bits per heavy atom. The maximum Gasteiger partial charge on any atom is 0.308 e. The van der Waals surface area contributed by atoms with Crippen LogP contribution in [0.4, 0.5) is 0 Å². The summed E-state index contributed by atoms with van der Waals surface area (Å²) in [7, 11) is 3.37. The Morgan fingerprint density at radius 3 is 2.41 bits per heavy atom. The summed E-state index contributed by atoms with van der Waals surface area (Å²) in [5.74, 6) is 0.356. The molecule has 1 saturated carbocycles. The van der Waals surface area contributed by atoms with Crippen molar-refractivity contribution in [3.63, 3.8) is 0 Å². The predicted molar refractivity (Wildman–Crippen MR) is 108 cm³/mol. The summed E-state index contributed by atoms with van der Waals surface area (Å²) in [4.78, 5) is 33.3. The van der Waals surface area contributed by atoms with Crippen molar-refractivity contribution < 1.29 is 14.3 Å². The quantitative estimate of drug-likeness (QED) is 0.690. The molecule has 2 heterocycles. The fourth-order valence-electron chi connectivity index (χ4n) is 3.82. The van der Waals surface area contributed by atoms with Crippen molar-refractivity contribution in [1.82, 2.24) is 19.9 Å². The number of imidazole rings is 1. The number of hydrogen-bond donors (Lipinski definition) is 1. The highest BCUT2D eigenvalue weighted by Gasteiger charge is 2.27. The number of aromatic nitrogens is 3. The number of esters is 1. The molecule has 0 atom stereocenters. The lowest BCUT2D eigenvalue weighted by atomic mass is 9.86. The highest BCUT2D eigenvalue weighted by molar-refractivity contribution is 5.94. The van der Waals surface area contributed by atoms with E-state index in [0.29, 0.717) is 11.4 Å². The number of rotatable bonds is 4. The zero-order valence-electron chi connectivity index (χ0n) is 16.6. The molecule has 7 heteroatoms. The third kappa shape index (κ3) is 4.13. The Labute approximate surface area is 169 Å². The van der Waals surface area contributed by atoms with Crippen LogP contribution in [0.3, 0.4) is 0 Å². The second-order valence-corrected chi connectivity index (χ2v) is 7.55. The van der Waals surface area contributed by atoms with Gasteiger partial charge in [0.05, 0.1) is 18.7 Å². The summed E-state index contributed by atoms with van der Waals surface area (Å²) in [6.07, 6.45) is 6.94. The van der Waals surface area contributed by atoms with Crippen LogP contribution in [0.15, 0.2) is 42.7 Å². The summed E-state index contributed by atoms with van der Waals surface area (Å²) >= 11 is 0. The van der Waals surface area contributed by atoms with E-state index in [1.54, 1.807) is 12.1 Å². The number of ether oxygens (including phenoxy) is 1. The zero-order valence-corrected chi connectivity index (χ0v) is 16.6. The zero-order chi connectivity index (χ0) is 20.4. The first-order valence-corrected chi connectivity index (χ1v) is 9.82. The van der Waals surface area contributed by atoms with Crippen LogP contribution in [0.2, 0.25) is 0 Å². The van der Waals surface area contributed by atoms with Gasteiger partial charge in [-0.3, -0.25) is 9.59 Å². The van der Waals surface area contributed by atoms with E-state index in [9.17, 15) is 9.59 Å². The van der Waals surface area contributed by atoms with Crippen molar-refractivity contribution in [3.8, 4) is 22.8 Å². The number of carbonyl (C=O) groups is 2. The van der Waals surface area contributed by atoms with Crippen LogP contribution in [-0.2, 0) is 16.6 Å². The van der Waals surface area contributed by atoms with Crippen LogP contribution in [0.1, 0.15) is 36.0 Å². The van der Waals surface area contributed by atoms with E-state index in [1.165, 1.54) is 7.11 Å². The van der Waals surface area contributed by atoms with E-state index in [-0.39, 0.29) is 23.8 Å². The summed E-state index contributed by atoms with van der Waals surface area (Å²) in [6.45, 7) is 0. The minimum absolute atomic E-state index is 0.0466. The van der Waals surface area contributed by atoms with Crippen molar-refractivity contribution in [2.45, 2.75) is 31.7 Å². The van der Waals surface area contributed by atoms with E-state index in [4.69, 9.17) is 4.74 Å². The lowest BCUT2D eigenvalue weighted by Gasteiger charge is -2.27. The molecule has 0 unspecified atom stereocenters. The molecule has 1 N–H and O–H groups in total. The minimum Gasteiger partial charge on any atom is -0.469 e. The molecule has 0 saturated heterocycles. The van der Waals surface area contributed by atoms with Crippen LogP contribution < -0.4 is 5.32 Å². The molecule has 1 aromatic carbocycles. The van der Waals surface area contributed by atoms with Crippen LogP contribution >= 0.6 is 0 Å². The van der Waals surface area contributed by atoms with Gasteiger partial charge in [-0.05, 0) is 43.9 Å². The van der Waals surface area contributed by atoms with Gasteiger partial charge >= 0.3 is 5.97 Å². The van der Waals surface area contributed by atoms with Crippen molar-refractivity contribution in [1.29, 1.82) is 0 Å². The minimum atomic E-state index is -0.151. The third-order valence-corrected chi connectivity index (χ3v) is 5.51. The fraction of sp³-hybridized carbons (Fsp3) is 0.364. The molecule has 0 bridgehead atoms. The van der Waals surface area contributed by atoms with Gasteiger partial charge in [-0.25, -0.2) is 9.97 Å². The Morgan fingerprint density at radius 2 is 1.72 bits per heavy atom. The number of aryl methyl sites for hydroxylation is 1. The second kappa shape index (κ2) is 8.03. The first-order valence-electron chi connectivity index (χ1n) is 9.82. The highest BCUT2D eigenvalue weighted by atomic mass is 16.5. The standard InChI is InChI=1S/C22H24N4O3/c1-26-12-11-18-19(13-26)25-20(24-18)14-3-5-15(6-4-14)21(27)23-17-9-7-16(8-10-17)22(28)29-2/h3-6,11-13,16-17H,7-10H2,1-2H3,(H,23,27). The summed E-state index contributed by atoms with van der Waals surface area (Å²) in [5.41, 5.74) is 3.17. The van der Waals surface area contributed by atoms with Gasteiger partial charge in [0.1, 0.15) is 5.69 Å². The Kier molecular flexibility index (Phi) is 5.29. The van der Waals surface area contributed by atoms with Crippen LogP contribution in [0.25, 0.3) is 22.8 Å². The van der Waals surface area contributed by atoms with Crippen LogP contribution in [0, 0.1) is 5.92 Å². The van der Waals surface area contributed by atoms with E-state index < -0.39 is 0 Å². The highest BCUT2D eigenvalue weighted by Crippen LogP contribution is 2.26. The van der Waals surface area contributed by atoms with Gasteiger partial charge in [0.25, 0.3) is 5.91 Å². The molecule has 3 aliphatic rings. The lowest BCUT2D eigenvalue weighted by molar-refractivity contribution is -0.146. The van der Waals surface area contributed by atoms with E-state index in [1.807, 2.05) is 42.2 Å². The molecule has 0 aromatic heterocycles. The number of methoxy groups -OCH3 is 1. The number of nitrogens with one attached hydrogen (secondary N) is 1. The first kappa shape index (κ1) is 19.1. The number of benzene rings is 1. The number of fused-ring (bicyclic) bond motifs is 1. The Balaban J connectivity index is 1.39. The number of nitrogens with zero attached hydrogens (tertiary/aromatic N) is 3. The van der Waals surface area contributed by atoms with Crippen LogP contribution in [-0.4, -0.2) is 39.6 Å². The van der Waals surface area contributed by atoms with Gasteiger partial charge in [0.15, 0.2) is 5.82 Å². The van der Waals surface area contributed by atoms with Gasteiger partial charge in [0, 0.05) is 36.6 Å². The van der Waals surface area contributed by atoms with E-state index >= 15 is 0 Å². The molecule has 29 heavy (non-hydrogen) atoms. The van der Waals surface area contributed by atoms with Gasteiger partial charge in [-0.1, -0.05) is 12.1 Å². The maximum absolute atomic E-state index is 12.6. The maximum atomic E-state index is 12.6. The predicted octanol–water partition coefficient (Wildman–Crippen LogP) is 3.05. The molecule has 150 valence electrons. The van der Waals surface area contributed by atoms with Crippen molar-refractivity contribution in [2.75, 3.05) is 7.11 Å². The molecule has 1 fully saturated rings. The molecule has 0 spiro atoms. The monoisotopic (exact) mass is 392 g/mol. The lowest BCUT2D eigenvalue weighted by Crippen LogP contribution is -2.38. The van der Waals surface area contributed by atoms with Gasteiger partial charge < -0.3 is 14.6 Å². The molecule has 0 radical (unpaired) electrons. The third-order valence-electron chi connectivity index (χ3n) is 5.51. The molecule has 2 aliphatic heterocycles. The van der Waals surface area contributed by atoms with Crippen molar-refractivity contribution >= 4 is 11.9 Å². The van der Waals surface area contributed by atoms with E-state index in [2.05, 4.69) is 15.3 Å². The SMILES string of the molecule is COC(=O)C1CCC(NC(=O)c2ccc(-c3nc4ccn(C)cc-4n3)cc2)CC1. The largest absolute Gasteiger partial charge is 0.469 e. The fourth-order valence-corrected chi connectivity index (χ4v) is 3.82. The topological polar surface area (TPSA) is 86.1 Å². The molecule has 1 aromatic rings. The molecule has 1 aliphatic carbocycles. The number of pyridine rings is 1. The Bertz CT molecular complexity index is 988. The molecule has 1 amide bonds. The molecule has 7 nitrogen and oxygen atoms in total. The van der Waals surface area contributed by atoms with Crippen molar-refractivity contribution in [3.05, 3.63) is 48.3 Å². The van der Waals surface area contributed by atoms with E-state index in [0.717, 1.165) is 42.6 Å². The summed E-state index contributed by atoms with van der Waals surface area (Å²) in [5, 5.41) is 3.07. The summed E-state index contributed by atoms with van der Waals surface area (Å²) in [6, 6.07) is 9.36. The average molecular weight is 392 g/mol. The van der Waals surface area contributed by atoms with Gasteiger partial charge in [-0.2, -0.15) is 0 Å². The molecule has 4 rings (SSSR count). The Hall–Kier alpha value is -3.22. The number of hydrogen-bond acceptors (Lipinski definition) is 5. The van der Waals surface area contributed by atoms with Gasteiger partial charge in [0.2, 0.25) is 0 Å². The molecular weight excluding hydrogens is 368 g/mol. The van der Waals surface area contributed by atoms with Crippen molar-refractivity contribution in [2.24, 2.45) is 13.0 Å². The second-order valence-electron chi connectivity index (χ2n) is 7.55. The van der Waals surface area contributed by atoms with Crippen LogP contribution in [0.5, 0.6) is 0 Å². The average Bonchev–Trinajstić information content (AvgIpc) is 3.17. The number of amides is 1. The van der Waals surface area contributed by atoms with Gasteiger partial charge in [-0.15, -0.1) is 0 Å². The smallest absolute Gasteiger partial charge is 0.308 e. The first-order chi connectivity index (χ1) is 14.0. The molecular formula is C22H24N4O3.